The molecule has 13 heavy (non-hydrogen) atoms. The van der Waals surface area contributed by atoms with Gasteiger partial charge >= 0.3 is 0 Å². The largest absolute Gasteiger partial charge is 0.368 e. The summed E-state index contributed by atoms with van der Waals surface area (Å²) in [4.78, 5) is 25.8. The van der Waals surface area contributed by atoms with Crippen LogP contribution in [-0.2, 0) is 4.79 Å². The summed E-state index contributed by atoms with van der Waals surface area (Å²) >= 11 is 0. The molecule has 1 aliphatic heterocycles. The maximum atomic E-state index is 11.3. The van der Waals surface area contributed by atoms with Crippen LogP contribution in [0.15, 0.2) is 4.99 Å². The summed E-state index contributed by atoms with van der Waals surface area (Å²) in [6.07, 6.45) is 0. The van der Waals surface area contributed by atoms with Crippen LogP contribution in [0, 0.1) is 0 Å². The van der Waals surface area contributed by atoms with Gasteiger partial charge in [0.15, 0.2) is 5.78 Å². The second-order valence-electron chi connectivity index (χ2n) is 2.58. The third-order valence-electron chi connectivity index (χ3n) is 1.59. The van der Waals surface area contributed by atoms with Gasteiger partial charge in [0.25, 0.3) is 0 Å². The Morgan fingerprint density at radius 1 is 1.54 bits per heavy atom. The molecule has 2 rings (SSSR count). The Bertz CT molecular complexity index is 444. The molecule has 1 aliphatic rings. The molecule has 0 unspecified atom stereocenters. The molecule has 0 bridgehead atoms. The van der Waals surface area contributed by atoms with Gasteiger partial charge in [-0.1, -0.05) is 20.7 Å². The highest BCUT2D eigenvalue weighted by molar-refractivity contribution is 7.70. The number of nitrogens with one attached hydrogen (secondary N) is 1. The highest BCUT2D eigenvalue weighted by atomic mass is 32.9. The molecule has 1 N–H and O–H groups in total. The van der Waals surface area contributed by atoms with E-state index in [4.69, 9.17) is 0 Å². The first kappa shape index (κ1) is 8.58. The Morgan fingerprint density at radius 2 is 2.31 bits per heavy atom. The maximum Gasteiger partial charge on any atom is 0.243 e. The summed E-state index contributed by atoms with van der Waals surface area (Å²) in [5.74, 6) is -0.246. The van der Waals surface area contributed by atoms with Crippen molar-refractivity contribution in [3.8, 4) is 0 Å². The van der Waals surface area contributed by atoms with Crippen molar-refractivity contribution in [3.05, 3.63) is 10.2 Å². The number of anilines is 1. The lowest BCUT2D eigenvalue weighted by atomic mass is 10.3. The van der Waals surface area contributed by atoms with Crippen LogP contribution in [0.5, 0.6) is 0 Å². The molecule has 0 saturated carbocycles. The summed E-state index contributed by atoms with van der Waals surface area (Å²) in [5, 5.41) is 3.79. The van der Waals surface area contributed by atoms with Crippen LogP contribution in [-0.4, -0.2) is 18.2 Å². The minimum Gasteiger partial charge on any atom is -0.368 e. The van der Waals surface area contributed by atoms with Crippen molar-refractivity contribution < 1.29 is 9.59 Å². The van der Waals surface area contributed by atoms with Crippen LogP contribution < -0.4 is 9.99 Å². The van der Waals surface area contributed by atoms with Gasteiger partial charge in [-0.15, -0.1) is 0 Å². The quantitative estimate of drug-likeness (QED) is 0.652. The number of amides is 1. The third kappa shape index (κ3) is 1.42. The van der Waals surface area contributed by atoms with Gasteiger partial charge in [-0.2, -0.15) is 0 Å². The average Bonchev–Trinajstić information content (AvgIpc) is 2.56. The van der Waals surface area contributed by atoms with Gasteiger partial charge in [0.1, 0.15) is 9.67 Å². The SMILES string of the molecule is CC(=O)N=c1ssc2c1C(=O)CN2. The fourth-order valence-electron chi connectivity index (χ4n) is 1.09. The Balaban J connectivity index is 2.62. The molecule has 2 heterocycles. The first-order chi connectivity index (χ1) is 6.18. The standard InChI is InChI=1S/C7H6N2O2S2/c1-3(10)9-7-5-4(11)2-8-6(5)12-13-7/h8H,2H2,1H3. The van der Waals surface area contributed by atoms with E-state index in [0.29, 0.717) is 16.8 Å². The van der Waals surface area contributed by atoms with Crippen LogP contribution in [0.1, 0.15) is 17.3 Å². The van der Waals surface area contributed by atoms with Crippen molar-refractivity contribution >= 4 is 37.4 Å². The monoisotopic (exact) mass is 214 g/mol. The number of carbonyl (C=O) groups excluding carboxylic acids is 2. The molecular formula is C7H6N2O2S2. The molecule has 6 heteroatoms. The van der Waals surface area contributed by atoms with Crippen LogP contribution in [0.4, 0.5) is 5.00 Å². The van der Waals surface area contributed by atoms with Crippen molar-refractivity contribution in [2.24, 2.45) is 4.99 Å². The Morgan fingerprint density at radius 3 is 3.00 bits per heavy atom. The lowest BCUT2D eigenvalue weighted by Gasteiger charge is -1.83. The smallest absolute Gasteiger partial charge is 0.243 e. The van der Waals surface area contributed by atoms with Gasteiger partial charge in [-0.05, 0) is 0 Å². The number of rotatable bonds is 0. The van der Waals surface area contributed by atoms with Gasteiger partial charge in [-0.3, -0.25) is 9.59 Å². The molecular weight excluding hydrogens is 208 g/mol. The van der Waals surface area contributed by atoms with Crippen molar-refractivity contribution in [2.75, 3.05) is 11.9 Å². The fourth-order valence-corrected chi connectivity index (χ4v) is 3.48. The van der Waals surface area contributed by atoms with Crippen LogP contribution in [0.3, 0.4) is 0 Å². The molecule has 0 aromatic carbocycles. The zero-order valence-corrected chi connectivity index (χ0v) is 8.42. The molecule has 68 valence electrons. The molecule has 1 aromatic heterocycles. The van der Waals surface area contributed by atoms with E-state index in [-0.39, 0.29) is 11.7 Å². The zero-order chi connectivity index (χ0) is 9.42. The fraction of sp³-hybridized carbons (Fsp3) is 0.286. The van der Waals surface area contributed by atoms with Crippen molar-refractivity contribution in [1.82, 2.24) is 0 Å². The second-order valence-corrected chi connectivity index (χ2v) is 4.71. The van der Waals surface area contributed by atoms with Gasteiger partial charge in [0.05, 0.1) is 12.1 Å². The van der Waals surface area contributed by atoms with E-state index in [1.165, 1.54) is 27.6 Å². The first-order valence-electron chi connectivity index (χ1n) is 3.64. The Hall–Kier alpha value is -1.01. The molecule has 1 aromatic rings. The zero-order valence-electron chi connectivity index (χ0n) is 6.79. The van der Waals surface area contributed by atoms with Crippen LogP contribution in [0.25, 0.3) is 0 Å². The second kappa shape index (κ2) is 3.04. The predicted molar refractivity (Wildman–Crippen MR) is 51.3 cm³/mol. The van der Waals surface area contributed by atoms with Crippen molar-refractivity contribution in [1.29, 1.82) is 0 Å². The number of hydrogen-bond acceptors (Lipinski definition) is 5. The molecule has 0 saturated heterocycles. The summed E-state index contributed by atoms with van der Waals surface area (Å²) in [6, 6.07) is 0. The van der Waals surface area contributed by atoms with E-state index in [1.807, 2.05) is 0 Å². The molecule has 0 aliphatic carbocycles. The van der Waals surface area contributed by atoms with E-state index in [1.54, 1.807) is 0 Å². The van der Waals surface area contributed by atoms with E-state index in [0.717, 1.165) is 5.00 Å². The van der Waals surface area contributed by atoms with Crippen LogP contribution in [0.2, 0.25) is 0 Å². The Labute approximate surface area is 81.3 Å². The maximum absolute atomic E-state index is 11.3. The summed E-state index contributed by atoms with van der Waals surface area (Å²) in [7, 11) is 2.80. The lowest BCUT2D eigenvalue weighted by Crippen LogP contribution is -2.11. The molecule has 0 atom stereocenters. The average molecular weight is 214 g/mol. The lowest BCUT2D eigenvalue weighted by molar-refractivity contribution is -0.116. The minimum atomic E-state index is -0.267. The number of hydrogen-bond donors (Lipinski definition) is 1. The molecule has 1 amide bonds. The normalized spacial score (nSPS) is 15.8. The number of fused-ring (bicyclic) bond motifs is 1. The number of carbonyl (C=O) groups is 2. The molecule has 0 fully saturated rings. The van der Waals surface area contributed by atoms with Crippen molar-refractivity contribution in [2.45, 2.75) is 6.92 Å². The highest BCUT2D eigenvalue weighted by Gasteiger charge is 2.23. The van der Waals surface area contributed by atoms with Gasteiger partial charge in [0.2, 0.25) is 5.91 Å². The number of nitrogens with zero attached hydrogens (tertiary/aromatic N) is 1. The third-order valence-corrected chi connectivity index (χ3v) is 3.87. The minimum absolute atomic E-state index is 0.0208. The summed E-state index contributed by atoms with van der Waals surface area (Å²) in [5.41, 5.74) is 0.588. The van der Waals surface area contributed by atoms with E-state index in [2.05, 4.69) is 10.3 Å². The topological polar surface area (TPSA) is 58.5 Å². The first-order valence-corrected chi connectivity index (χ1v) is 5.79. The van der Waals surface area contributed by atoms with E-state index in [9.17, 15) is 9.59 Å². The molecule has 0 radical (unpaired) electrons. The van der Waals surface area contributed by atoms with Crippen molar-refractivity contribution in [3.63, 3.8) is 0 Å². The Kier molecular flexibility index (Phi) is 2.01. The summed E-state index contributed by atoms with van der Waals surface area (Å²) in [6.45, 7) is 1.71. The number of Topliss-reactive ketones (excluding diaryl/α,β-unsaturated/α-hetero) is 1. The van der Waals surface area contributed by atoms with E-state index >= 15 is 0 Å². The van der Waals surface area contributed by atoms with Gasteiger partial charge in [0, 0.05) is 6.92 Å². The van der Waals surface area contributed by atoms with Gasteiger partial charge < -0.3 is 5.32 Å². The molecule has 0 spiro atoms. The predicted octanol–water partition coefficient (Wildman–Crippen LogP) is 0.865. The highest BCUT2D eigenvalue weighted by Crippen LogP contribution is 2.27. The summed E-state index contributed by atoms with van der Waals surface area (Å²) < 4.78 is 0.544. The molecule has 4 nitrogen and oxygen atoms in total. The number of ketones is 1. The van der Waals surface area contributed by atoms with Crippen LogP contribution >= 0.6 is 20.7 Å². The van der Waals surface area contributed by atoms with E-state index < -0.39 is 0 Å². The van der Waals surface area contributed by atoms with Gasteiger partial charge in [-0.25, -0.2) is 4.99 Å².